The smallest absolute Gasteiger partial charge is 0.229 e. The lowest BCUT2D eigenvalue weighted by atomic mass is 9.77. The second-order valence-corrected chi connectivity index (χ2v) is 8.53. The number of nitrogens with zero attached hydrogens (tertiary/aromatic N) is 2. The molecule has 2 fully saturated rings. The number of hydrogen-bond acceptors (Lipinski definition) is 3. The molecule has 162 valence electrons. The maximum absolute atomic E-state index is 13.1. The number of carbonyl (C=O) groups is 1. The Bertz CT molecular complexity index is 822. The first kappa shape index (κ1) is 22.7. The van der Waals surface area contributed by atoms with Crippen molar-refractivity contribution < 1.29 is 9.18 Å². The van der Waals surface area contributed by atoms with Crippen molar-refractivity contribution in [1.82, 2.24) is 9.80 Å². The third-order valence-corrected chi connectivity index (χ3v) is 6.69. The standard InChI is InChI=1S/C24H30FN3O.ClH/c25-21-8-6-19(7-9-21)18-28-17-13-24(23(28)29)11-15-27(16-12-24)14-10-22(26)20-4-2-1-3-5-20;/h1-9,22H,10-18,26H2;1H/t22-;/m0./s1. The largest absolute Gasteiger partial charge is 0.338 e. The number of halogens is 2. The van der Waals surface area contributed by atoms with E-state index < -0.39 is 0 Å². The molecular formula is C24H31ClFN3O. The van der Waals surface area contributed by atoms with Crippen molar-refractivity contribution in [2.24, 2.45) is 11.1 Å². The maximum Gasteiger partial charge on any atom is 0.229 e. The van der Waals surface area contributed by atoms with Gasteiger partial charge < -0.3 is 15.5 Å². The van der Waals surface area contributed by atoms with E-state index in [4.69, 9.17) is 5.73 Å². The average Bonchev–Trinajstić information content (AvgIpc) is 3.05. The molecule has 4 nitrogen and oxygen atoms in total. The molecular weight excluding hydrogens is 401 g/mol. The van der Waals surface area contributed by atoms with E-state index in [0.717, 1.165) is 57.4 Å². The molecule has 0 unspecified atom stereocenters. The minimum atomic E-state index is -0.239. The summed E-state index contributed by atoms with van der Waals surface area (Å²) < 4.78 is 13.1. The van der Waals surface area contributed by atoms with Gasteiger partial charge in [-0.15, -0.1) is 12.4 Å². The molecule has 2 heterocycles. The van der Waals surface area contributed by atoms with Gasteiger partial charge in [-0.05, 0) is 68.6 Å². The molecule has 6 heteroatoms. The molecule has 1 atom stereocenters. The Balaban J connectivity index is 0.00000256. The molecule has 0 saturated carbocycles. The maximum atomic E-state index is 13.1. The van der Waals surface area contributed by atoms with Gasteiger partial charge in [-0.25, -0.2) is 4.39 Å². The normalized spacial score (nSPS) is 19.7. The van der Waals surface area contributed by atoms with E-state index in [1.54, 1.807) is 12.1 Å². The summed E-state index contributed by atoms with van der Waals surface area (Å²) in [6, 6.07) is 16.8. The first-order valence-corrected chi connectivity index (χ1v) is 10.6. The van der Waals surface area contributed by atoms with Crippen molar-refractivity contribution in [3.63, 3.8) is 0 Å². The number of rotatable bonds is 6. The van der Waals surface area contributed by atoms with Gasteiger partial charge in [0.2, 0.25) is 5.91 Å². The van der Waals surface area contributed by atoms with Gasteiger partial charge in [0.25, 0.3) is 0 Å². The highest BCUT2D eigenvalue weighted by atomic mass is 35.5. The summed E-state index contributed by atoms with van der Waals surface area (Å²) in [4.78, 5) is 17.5. The van der Waals surface area contributed by atoms with Crippen LogP contribution in [-0.4, -0.2) is 41.9 Å². The second-order valence-electron chi connectivity index (χ2n) is 8.53. The van der Waals surface area contributed by atoms with Crippen LogP contribution < -0.4 is 5.73 Å². The van der Waals surface area contributed by atoms with E-state index in [1.165, 1.54) is 17.7 Å². The summed E-state index contributed by atoms with van der Waals surface area (Å²) >= 11 is 0. The molecule has 0 aromatic heterocycles. The van der Waals surface area contributed by atoms with Crippen LogP contribution in [0.3, 0.4) is 0 Å². The van der Waals surface area contributed by atoms with Gasteiger partial charge in [-0.1, -0.05) is 42.5 Å². The lowest BCUT2D eigenvalue weighted by molar-refractivity contribution is -0.138. The number of piperidine rings is 1. The SMILES string of the molecule is Cl.N[C@@H](CCN1CCC2(CC1)CCN(Cc1ccc(F)cc1)C2=O)c1ccccc1. The lowest BCUT2D eigenvalue weighted by Gasteiger charge is -2.38. The fourth-order valence-electron chi connectivity index (χ4n) is 4.71. The van der Waals surface area contributed by atoms with Crippen molar-refractivity contribution in [3.05, 3.63) is 71.5 Å². The molecule has 1 spiro atoms. The topological polar surface area (TPSA) is 49.6 Å². The quantitative estimate of drug-likeness (QED) is 0.747. The van der Waals surface area contributed by atoms with Crippen LogP contribution in [0.4, 0.5) is 4.39 Å². The predicted octanol–water partition coefficient (Wildman–Crippen LogP) is 4.15. The minimum absolute atomic E-state index is 0. The molecule has 0 bridgehead atoms. The van der Waals surface area contributed by atoms with Crippen LogP contribution in [-0.2, 0) is 11.3 Å². The van der Waals surface area contributed by atoms with Crippen LogP contribution in [0.15, 0.2) is 54.6 Å². The zero-order valence-electron chi connectivity index (χ0n) is 17.3. The Hall–Kier alpha value is -1.95. The third-order valence-electron chi connectivity index (χ3n) is 6.69. The fraction of sp³-hybridized carbons (Fsp3) is 0.458. The summed E-state index contributed by atoms with van der Waals surface area (Å²) in [6.07, 6.45) is 3.71. The highest BCUT2D eigenvalue weighted by Crippen LogP contribution is 2.42. The monoisotopic (exact) mass is 431 g/mol. The minimum Gasteiger partial charge on any atom is -0.338 e. The number of likely N-dealkylation sites (tertiary alicyclic amines) is 2. The Morgan fingerprint density at radius 1 is 0.967 bits per heavy atom. The Kier molecular flexibility index (Phi) is 7.50. The average molecular weight is 432 g/mol. The highest BCUT2D eigenvalue weighted by Gasteiger charge is 2.47. The van der Waals surface area contributed by atoms with E-state index in [-0.39, 0.29) is 35.6 Å². The number of carbonyl (C=O) groups excluding carboxylic acids is 1. The summed E-state index contributed by atoms with van der Waals surface area (Å²) in [6.45, 7) is 4.26. The Labute approximate surface area is 184 Å². The Morgan fingerprint density at radius 2 is 1.60 bits per heavy atom. The van der Waals surface area contributed by atoms with Gasteiger partial charge in [0.15, 0.2) is 0 Å². The zero-order valence-corrected chi connectivity index (χ0v) is 18.1. The predicted molar refractivity (Wildman–Crippen MR) is 120 cm³/mol. The van der Waals surface area contributed by atoms with E-state index in [1.807, 2.05) is 23.1 Å². The first-order valence-electron chi connectivity index (χ1n) is 10.6. The molecule has 2 aliphatic heterocycles. The second kappa shape index (κ2) is 9.90. The molecule has 2 aromatic carbocycles. The van der Waals surface area contributed by atoms with E-state index in [0.29, 0.717) is 6.54 Å². The summed E-state index contributed by atoms with van der Waals surface area (Å²) in [7, 11) is 0. The van der Waals surface area contributed by atoms with Crippen molar-refractivity contribution in [1.29, 1.82) is 0 Å². The zero-order chi connectivity index (χ0) is 20.3. The van der Waals surface area contributed by atoms with Crippen LogP contribution in [0.2, 0.25) is 0 Å². The van der Waals surface area contributed by atoms with Gasteiger partial charge in [0.05, 0.1) is 5.41 Å². The molecule has 2 N–H and O–H groups in total. The van der Waals surface area contributed by atoms with Crippen LogP contribution in [0, 0.1) is 11.2 Å². The van der Waals surface area contributed by atoms with Crippen molar-refractivity contribution in [2.45, 2.75) is 38.3 Å². The van der Waals surface area contributed by atoms with Crippen molar-refractivity contribution in [3.8, 4) is 0 Å². The van der Waals surface area contributed by atoms with Crippen LogP contribution in [0.25, 0.3) is 0 Å². The van der Waals surface area contributed by atoms with Gasteiger partial charge in [0, 0.05) is 19.1 Å². The van der Waals surface area contributed by atoms with E-state index in [2.05, 4.69) is 17.0 Å². The van der Waals surface area contributed by atoms with E-state index >= 15 is 0 Å². The summed E-state index contributed by atoms with van der Waals surface area (Å²) in [5.74, 6) is 0.0415. The molecule has 0 aliphatic carbocycles. The molecule has 2 saturated heterocycles. The molecule has 2 aromatic rings. The molecule has 4 rings (SSSR count). The van der Waals surface area contributed by atoms with Crippen LogP contribution in [0.1, 0.15) is 42.9 Å². The summed E-state index contributed by atoms with van der Waals surface area (Å²) in [5, 5.41) is 0. The molecule has 0 radical (unpaired) electrons. The molecule has 2 aliphatic rings. The molecule has 30 heavy (non-hydrogen) atoms. The van der Waals surface area contributed by atoms with Gasteiger partial charge in [0.1, 0.15) is 5.82 Å². The lowest BCUT2D eigenvalue weighted by Crippen LogP contribution is -2.45. The third kappa shape index (κ3) is 5.02. The van der Waals surface area contributed by atoms with Gasteiger partial charge in [-0.3, -0.25) is 4.79 Å². The number of amides is 1. The van der Waals surface area contributed by atoms with Crippen LogP contribution >= 0.6 is 12.4 Å². The van der Waals surface area contributed by atoms with Crippen molar-refractivity contribution in [2.75, 3.05) is 26.2 Å². The molecule has 1 amide bonds. The first-order chi connectivity index (χ1) is 14.1. The Morgan fingerprint density at radius 3 is 2.27 bits per heavy atom. The van der Waals surface area contributed by atoms with Gasteiger partial charge >= 0.3 is 0 Å². The highest BCUT2D eigenvalue weighted by molar-refractivity contribution is 5.85. The fourth-order valence-corrected chi connectivity index (χ4v) is 4.71. The number of nitrogens with two attached hydrogens (primary N) is 1. The number of benzene rings is 2. The van der Waals surface area contributed by atoms with E-state index in [9.17, 15) is 9.18 Å². The van der Waals surface area contributed by atoms with Gasteiger partial charge in [-0.2, -0.15) is 0 Å². The van der Waals surface area contributed by atoms with Crippen molar-refractivity contribution >= 4 is 18.3 Å². The van der Waals surface area contributed by atoms with Crippen LogP contribution in [0.5, 0.6) is 0 Å². The summed E-state index contributed by atoms with van der Waals surface area (Å²) in [5.41, 5.74) is 8.32. The number of hydrogen-bond donors (Lipinski definition) is 1.